The molecule has 2 N–H and O–H groups in total. The average Bonchev–Trinajstić information content (AvgIpc) is 2.71. The van der Waals surface area contributed by atoms with Crippen LogP contribution in [0.2, 0.25) is 0 Å². The van der Waals surface area contributed by atoms with Crippen LogP contribution in [-0.4, -0.2) is 42.2 Å². The van der Waals surface area contributed by atoms with E-state index in [0.717, 1.165) is 0 Å². The predicted octanol–water partition coefficient (Wildman–Crippen LogP) is 0.488. The normalized spacial score (nSPS) is 33.5. The van der Waals surface area contributed by atoms with Gasteiger partial charge in [-0.15, -0.1) is 0 Å². The Hall–Kier alpha value is -0.170. The number of aliphatic hydroxyl groups excluding tert-OH is 2. The summed E-state index contributed by atoms with van der Waals surface area (Å²) in [6, 6.07) is 0. The summed E-state index contributed by atoms with van der Waals surface area (Å²) in [5.74, 6) is 3.85. The number of hydrogen-bond donors (Lipinski definition) is 2. The molecular weight excluding hydrogens is 184 g/mol. The smallest absolute Gasteiger partial charge is 0.0475 e. The van der Waals surface area contributed by atoms with Crippen molar-refractivity contribution in [1.82, 2.24) is 0 Å². The number of rotatable bonds is 2. The van der Waals surface area contributed by atoms with Crippen molar-refractivity contribution >= 4 is 10.0 Å². The Kier molecular flexibility index (Phi) is 3.28. The lowest BCUT2D eigenvalue weighted by atomic mass is 10.3. The zero-order valence-electron chi connectivity index (χ0n) is 8.45. The number of aliphatic hydroxyl groups is 2. The summed E-state index contributed by atoms with van der Waals surface area (Å²) in [6.07, 6.45) is 6.43. The molecule has 0 aromatic heterocycles. The van der Waals surface area contributed by atoms with Gasteiger partial charge in [-0.05, 0) is 18.8 Å². The molecule has 2 nitrogen and oxygen atoms in total. The molecule has 0 aromatic rings. The molecule has 0 aliphatic heterocycles. The zero-order chi connectivity index (χ0) is 10.1. The standard InChI is InChI=1S/C10H18O2S/c1-13(2,3)5-4-8-9(6-11)10(8)7-12/h8-12H,6-7H2,1-3H3. The fraction of sp³-hybridized carbons (Fsp3) is 0.800. The van der Waals surface area contributed by atoms with Gasteiger partial charge in [0.15, 0.2) is 0 Å². The van der Waals surface area contributed by atoms with Crippen molar-refractivity contribution < 1.29 is 10.2 Å². The average molecular weight is 202 g/mol. The highest BCUT2D eigenvalue weighted by atomic mass is 32.3. The maximum Gasteiger partial charge on any atom is 0.0475 e. The van der Waals surface area contributed by atoms with Gasteiger partial charge in [-0.2, -0.15) is 10.0 Å². The predicted molar refractivity (Wildman–Crippen MR) is 57.8 cm³/mol. The van der Waals surface area contributed by atoms with Crippen LogP contribution in [0.3, 0.4) is 0 Å². The minimum atomic E-state index is -0.767. The van der Waals surface area contributed by atoms with Crippen LogP contribution in [0.1, 0.15) is 0 Å². The monoisotopic (exact) mass is 202 g/mol. The van der Waals surface area contributed by atoms with Crippen LogP contribution in [0.25, 0.3) is 0 Å². The maximum absolute atomic E-state index is 8.94. The summed E-state index contributed by atoms with van der Waals surface area (Å²) in [4.78, 5) is 0. The Morgan fingerprint density at radius 2 is 1.54 bits per heavy atom. The first-order valence-corrected chi connectivity index (χ1v) is 7.27. The van der Waals surface area contributed by atoms with Crippen LogP contribution in [-0.2, 0) is 0 Å². The largest absolute Gasteiger partial charge is 0.396 e. The van der Waals surface area contributed by atoms with E-state index in [1.54, 1.807) is 0 Å². The van der Waals surface area contributed by atoms with Gasteiger partial charge >= 0.3 is 0 Å². The van der Waals surface area contributed by atoms with E-state index >= 15 is 0 Å². The molecule has 0 bridgehead atoms. The Bertz CT molecular complexity index is 224. The van der Waals surface area contributed by atoms with Crippen LogP contribution in [0.15, 0.2) is 0 Å². The molecule has 2 unspecified atom stereocenters. The van der Waals surface area contributed by atoms with E-state index in [9.17, 15) is 0 Å². The van der Waals surface area contributed by atoms with E-state index < -0.39 is 10.0 Å². The van der Waals surface area contributed by atoms with Gasteiger partial charge in [0.05, 0.1) is 0 Å². The van der Waals surface area contributed by atoms with Gasteiger partial charge < -0.3 is 10.2 Å². The number of hydrogen-bond acceptors (Lipinski definition) is 2. The molecule has 0 spiro atoms. The van der Waals surface area contributed by atoms with Crippen molar-refractivity contribution in [2.75, 3.05) is 32.0 Å². The quantitative estimate of drug-likeness (QED) is 0.640. The Balaban J connectivity index is 2.51. The van der Waals surface area contributed by atoms with Crippen molar-refractivity contribution in [3.8, 4) is 11.2 Å². The third kappa shape index (κ3) is 2.91. The van der Waals surface area contributed by atoms with Gasteiger partial charge in [-0.1, -0.05) is 11.2 Å². The molecule has 0 radical (unpaired) electrons. The lowest BCUT2D eigenvalue weighted by Crippen LogP contribution is -1.91. The lowest BCUT2D eigenvalue weighted by molar-refractivity contribution is 0.232. The van der Waals surface area contributed by atoms with Crippen LogP contribution in [0.5, 0.6) is 0 Å². The molecule has 2 atom stereocenters. The molecule has 1 aliphatic carbocycles. The first kappa shape index (κ1) is 10.9. The van der Waals surface area contributed by atoms with Crippen LogP contribution < -0.4 is 0 Å². The fourth-order valence-corrected chi connectivity index (χ4v) is 1.89. The summed E-state index contributed by atoms with van der Waals surface area (Å²) >= 11 is 0. The summed E-state index contributed by atoms with van der Waals surface area (Å²) in [5, 5.41) is 21.1. The van der Waals surface area contributed by atoms with Gasteiger partial charge in [0.25, 0.3) is 0 Å². The van der Waals surface area contributed by atoms with E-state index in [2.05, 4.69) is 29.9 Å². The third-order valence-electron chi connectivity index (χ3n) is 2.29. The highest BCUT2D eigenvalue weighted by molar-refractivity contribution is 8.35. The molecule has 1 saturated carbocycles. The van der Waals surface area contributed by atoms with Crippen LogP contribution in [0.4, 0.5) is 0 Å². The molecule has 3 heteroatoms. The molecule has 1 fully saturated rings. The van der Waals surface area contributed by atoms with Crippen molar-refractivity contribution in [3.05, 3.63) is 0 Å². The van der Waals surface area contributed by atoms with Gasteiger partial charge in [-0.25, -0.2) is 0 Å². The topological polar surface area (TPSA) is 40.5 Å². The van der Waals surface area contributed by atoms with Crippen molar-refractivity contribution in [3.63, 3.8) is 0 Å². The van der Waals surface area contributed by atoms with Crippen LogP contribution >= 0.6 is 10.0 Å². The summed E-state index contributed by atoms with van der Waals surface area (Å²) in [7, 11) is -0.767. The van der Waals surface area contributed by atoms with Gasteiger partial charge in [0.1, 0.15) is 0 Å². The summed E-state index contributed by atoms with van der Waals surface area (Å²) in [5.41, 5.74) is 0. The lowest BCUT2D eigenvalue weighted by Gasteiger charge is -2.14. The van der Waals surface area contributed by atoms with Crippen molar-refractivity contribution in [2.24, 2.45) is 17.8 Å². The van der Waals surface area contributed by atoms with Crippen molar-refractivity contribution in [1.29, 1.82) is 0 Å². The Morgan fingerprint density at radius 1 is 1.08 bits per heavy atom. The minimum absolute atomic E-state index is 0.157. The third-order valence-corrected chi connectivity index (χ3v) is 3.02. The first-order valence-electron chi connectivity index (χ1n) is 4.42. The SMILES string of the molecule is CS(C)(C)C#CC1C(CO)C1CO. The fourth-order valence-electron chi connectivity index (χ4n) is 1.40. The van der Waals surface area contributed by atoms with E-state index in [0.29, 0.717) is 0 Å². The Labute approximate surface area is 81.7 Å². The highest BCUT2D eigenvalue weighted by Gasteiger charge is 2.48. The van der Waals surface area contributed by atoms with E-state index in [1.165, 1.54) is 0 Å². The van der Waals surface area contributed by atoms with Gasteiger partial charge in [0, 0.05) is 31.0 Å². The first-order chi connectivity index (χ1) is 5.99. The van der Waals surface area contributed by atoms with Gasteiger partial charge in [-0.3, -0.25) is 0 Å². The molecule has 13 heavy (non-hydrogen) atoms. The molecule has 1 aliphatic rings. The molecule has 1 rings (SSSR count). The molecule has 0 aromatic carbocycles. The van der Waals surface area contributed by atoms with Gasteiger partial charge in [0.2, 0.25) is 0 Å². The van der Waals surface area contributed by atoms with Crippen LogP contribution in [0, 0.1) is 28.9 Å². The Morgan fingerprint density at radius 3 is 1.85 bits per heavy atom. The van der Waals surface area contributed by atoms with Crippen molar-refractivity contribution in [2.45, 2.75) is 0 Å². The second-order valence-electron chi connectivity index (χ2n) is 4.30. The highest BCUT2D eigenvalue weighted by Crippen LogP contribution is 2.46. The second kappa shape index (κ2) is 3.91. The molecule has 0 saturated heterocycles. The zero-order valence-corrected chi connectivity index (χ0v) is 9.27. The minimum Gasteiger partial charge on any atom is -0.396 e. The molecular formula is C10H18O2S. The maximum atomic E-state index is 8.94. The second-order valence-corrected chi connectivity index (χ2v) is 8.18. The summed E-state index contributed by atoms with van der Waals surface area (Å²) < 4.78 is 0. The molecule has 76 valence electrons. The molecule has 0 amide bonds. The molecule has 0 heterocycles. The van der Waals surface area contributed by atoms with E-state index in [1.807, 2.05) is 0 Å². The van der Waals surface area contributed by atoms with E-state index in [-0.39, 0.29) is 31.0 Å². The van der Waals surface area contributed by atoms with E-state index in [4.69, 9.17) is 10.2 Å². The summed E-state index contributed by atoms with van der Waals surface area (Å²) in [6.45, 7) is 0.314.